The Morgan fingerprint density at radius 1 is 1.38 bits per heavy atom. The number of halogens is 2. The number of likely N-dealkylation sites (N-methyl/N-ethyl adjacent to an activating group) is 1. The molecule has 2 amide bonds. The molecule has 130 valence electrons. The van der Waals surface area contributed by atoms with Crippen molar-refractivity contribution >= 4 is 63.0 Å². The van der Waals surface area contributed by atoms with Crippen LogP contribution in [0.4, 0.5) is 10.5 Å². The van der Waals surface area contributed by atoms with E-state index in [1.165, 1.54) is 0 Å². The van der Waals surface area contributed by atoms with E-state index in [4.69, 9.17) is 0 Å². The molecule has 2 fully saturated rings. The van der Waals surface area contributed by atoms with Crippen LogP contribution in [0.3, 0.4) is 0 Å². The zero-order chi connectivity index (χ0) is 16.6. The first kappa shape index (κ1) is 19.3. The molecule has 3 rings (SSSR count). The van der Waals surface area contributed by atoms with Crippen LogP contribution in [0.2, 0.25) is 0 Å². The molecule has 1 aromatic rings. The van der Waals surface area contributed by atoms with Gasteiger partial charge in [-0.15, -0.1) is 12.4 Å². The average Bonchev–Trinajstić information content (AvgIpc) is 3.07. The average molecular weight is 433 g/mol. The highest BCUT2D eigenvalue weighted by Gasteiger charge is 2.28. The molecule has 0 aromatic heterocycles. The van der Waals surface area contributed by atoms with Gasteiger partial charge < -0.3 is 9.80 Å². The molecule has 0 radical (unpaired) electrons. The van der Waals surface area contributed by atoms with Crippen molar-refractivity contribution in [2.75, 3.05) is 32.1 Å². The first-order valence-corrected chi connectivity index (χ1v) is 9.01. The van der Waals surface area contributed by atoms with Crippen molar-refractivity contribution in [3.63, 3.8) is 0 Å². The summed E-state index contributed by atoms with van der Waals surface area (Å²) in [6.45, 7) is 1.92. The summed E-state index contributed by atoms with van der Waals surface area (Å²) in [5, 5.41) is 1.98. The minimum Gasteiger partial charge on any atom is -0.369 e. The highest BCUT2D eigenvalue weighted by atomic mass is 79.9. The lowest BCUT2D eigenvalue weighted by Gasteiger charge is -2.24. The number of imide groups is 1. The van der Waals surface area contributed by atoms with Gasteiger partial charge in [0.25, 0.3) is 11.1 Å². The zero-order valence-electron chi connectivity index (χ0n) is 13.4. The number of nitrogens with one attached hydrogen (secondary N) is 1. The van der Waals surface area contributed by atoms with Crippen LogP contribution in [0.25, 0.3) is 6.08 Å². The predicted molar refractivity (Wildman–Crippen MR) is 105 cm³/mol. The SMILES string of the molecule is CN(C)C1CCN(c2c(Br)cccc2/C=C2\SC(=O)NC2=O)C1.Cl. The van der Waals surface area contributed by atoms with Crippen LogP contribution in [0.5, 0.6) is 0 Å². The van der Waals surface area contributed by atoms with E-state index >= 15 is 0 Å². The minimum absolute atomic E-state index is 0. The Morgan fingerprint density at radius 3 is 2.71 bits per heavy atom. The fourth-order valence-corrected chi connectivity index (χ4v) is 4.22. The van der Waals surface area contributed by atoms with Crippen molar-refractivity contribution in [1.29, 1.82) is 0 Å². The van der Waals surface area contributed by atoms with Crippen molar-refractivity contribution in [1.82, 2.24) is 10.2 Å². The van der Waals surface area contributed by atoms with Crippen LogP contribution in [0, 0.1) is 0 Å². The Morgan fingerprint density at radius 2 is 2.12 bits per heavy atom. The summed E-state index contributed by atoms with van der Waals surface area (Å²) in [5.74, 6) is -0.321. The van der Waals surface area contributed by atoms with Crippen molar-refractivity contribution in [3.05, 3.63) is 33.1 Å². The van der Waals surface area contributed by atoms with Crippen LogP contribution in [0.15, 0.2) is 27.6 Å². The first-order valence-electron chi connectivity index (χ1n) is 7.40. The monoisotopic (exact) mass is 431 g/mol. The first-order chi connectivity index (χ1) is 11.0. The van der Waals surface area contributed by atoms with E-state index in [-0.39, 0.29) is 23.6 Å². The summed E-state index contributed by atoms with van der Waals surface area (Å²) in [4.78, 5) is 28.2. The fourth-order valence-electron chi connectivity index (χ4n) is 2.91. The van der Waals surface area contributed by atoms with E-state index in [0.717, 1.165) is 47.0 Å². The third-order valence-electron chi connectivity index (χ3n) is 4.16. The van der Waals surface area contributed by atoms with Crippen LogP contribution in [-0.2, 0) is 4.79 Å². The molecule has 2 aliphatic rings. The molecule has 1 N–H and O–H groups in total. The maximum absolute atomic E-state index is 11.8. The van der Waals surface area contributed by atoms with Gasteiger partial charge in [-0.05, 0) is 60.4 Å². The number of thioether (sulfide) groups is 1. The Kier molecular flexibility index (Phi) is 6.36. The number of nitrogens with zero attached hydrogens (tertiary/aromatic N) is 2. The van der Waals surface area contributed by atoms with Gasteiger partial charge in [-0.2, -0.15) is 0 Å². The molecule has 2 aliphatic heterocycles. The number of carbonyl (C=O) groups is 2. The third kappa shape index (κ3) is 3.96. The lowest BCUT2D eigenvalue weighted by Crippen LogP contribution is -2.31. The number of rotatable bonds is 3. The van der Waals surface area contributed by atoms with Gasteiger partial charge in [0.1, 0.15) is 0 Å². The molecule has 0 bridgehead atoms. The van der Waals surface area contributed by atoms with Gasteiger partial charge in [-0.3, -0.25) is 14.9 Å². The summed E-state index contributed by atoms with van der Waals surface area (Å²) in [7, 11) is 4.20. The highest BCUT2D eigenvalue weighted by molar-refractivity contribution is 9.10. The van der Waals surface area contributed by atoms with E-state index < -0.39 is 0 Å². The van der Waals surface area contributed by atoms with Gasteiger partial charge in [-0.1, -0.05) is 12.1 Å². The molecule has 24 heavy (non-hydrogen) atoms. The number of hydrogen-bond donors (Lipinski definition) is 1. The fraction of sp³-hybridized carbons (Fsp3) is 0.375. The quantitative estimate of drug-likeness (QED) is 0.743. The molecular formula is C16H19BrClN3O2S. The lowest BCUT2D eigenvalue weighted by molar-refractivity contribution is -0.115. The highest BCUT2D eigenvalue weighted by Crippen LogP contribution is 2.36. The second-order valence-corrected chi connectivity index (χ2v) is 7.75. The summed E-state index contributed by atoms with van der Waals surface area (Å²) in [6, 6.07) is 6.45. The molecule has 0 spiro atoms. The number of para-hydroxylation sites is 1. The van der Waals surface area contributed by atoms with Crippen LogP contribution < -0.4 is 10.2 Å². The standard InChI is InChI=1S/C16H18BrN3O2S.ClH/c1-19(2)11-6-7-20(9-11)14-10(4-3-5-12(14)17)8-13-15(21)18-16(22)23-13;/h3-5,8,11H,6-7,9H2,1-2H3,(H,18,21,22);1H/b13-8-;. The van der Waals surface area contributed by atoms with Crippen LogP contribution >= 0.6 is 40.1 Å². The smallest absolute Gasteiger partial charge is 0.290 e. The molecule has 1 atom stereocenters. The van der Waals surface area contributed by atoms with Crippen LogP contribution in [-0.4, -0.2) is 49.3 Å². The topological polar surface area (TPSA) is 52.6 Å². The van der Waals surface area contributed by atoms with Crippen molar-refractivity contribution in [3.8, 4) is 0 Å². The largest absolute Gasteiger partial charge is 0.369 e. The Bertz CT molecular complexity index is 696. The zero-order valence-corrected chi connectivity index (χ0v) is 16.6. The van der Waals surface area contributed by atoms with Crippen molar-refractivity contribution < 1.29 is 9.59 Å². The normalized spacial score (nSPS) is 22.2. The van der Waals surface area contributed by atoms with E-state index in [1.807, 2.05) is 18.2 Å². The lowest BCUT2D eigenvalue weighted by atomic mass is 10.1. The Hall–Kier alpha value is -1.02. The number of amides is 2. The molecule has 8 heteroatoms. The predicted octanol–water partition coefficient (Wildman–Crippen LogP) is 3.34. The number of hydrogen-bond acceptors (Lipinski definition) is 5. The number of benzene rings is 1. The summed E-state index contributed by atoms with van der Waals surface area (Å²) in [5.41, 5.74) is 2.03. The van der Waals surface area contributed by atoms with Crippen molar-refractivity contribution in [2.45, 2.75) is 12.5 Å². The van der Waals surface area contributed by atoms with Crippen LogP contribution in [0.1, 0.15) is 12.0 Å². The van der Waals surface area contributed by atoms with E-state index in [1.54, 1.807) is 6.08 Å². The molecular weight excluding hydrogens is 414 g/mol. The summed E-state index contributed by atoms with van der Waals surface area (Å²) in [6.07, 6.45) is 2.91. The van der Waals surface area contributed by atoms with E-state index in [0.29, 0.717) is 10.9 Å². The van der Waals surface area contributed by atoms with E-state index in [9.17, 15) is 9.59 Å². The molecule has 2 saturated heterocycles. The second kappa shape index (κ2) is 7.91. The molecule has 5 nitrogen and oxygen atoms in total. The Labute approximate surface area is 160 Å². The molecule has 2 heterocycles. The maximum atomic E-state index is 11.8. The molecule has 0 aliphatic carbocycles. The minimum atomic E-state index is -0.321. The third-order valence-corrected chi connectivity index (χ3v) is 5.61. The second-order valence-electron chi connectivity index (χ2n) is 5.88. The van der Waals surface area contributed by atoms with E-state index in [2.05, 4.69) is 45.1 Å². The van der Waals surface area contributed by atoms with Crippen molar-refractivity contribution in [2.24, 2.45) is 0 Å². The summed E-state index contributed by atoms with van der Waals surface area (Å²) >= 11 is 4.58. The van der Waals surface area contributed by atoms with Gasteiger partial charge in [0.2, 0.25) is 0 Å². The van der Waals surface area contributed by atoms with Gasteiger partial charge in [0.05, 0.1) is 10.6 Å². The summed E-state index contributed by atoms with van der Waals surface area (Å²) < 4.78 is 1.00. The molecule has 1 unspecified atom stereocenters. The molecule has 1 aromatic carbocycles. The van der Waals surface area contributed by atoms with Gasteiger partial charge in [-0.25, -0.2) is 0 Å². The molecule has 0 saturated carbocycles. The maximum Gasteiger partial charge on any atom is 0.290 e. The van der Waals surface area contributed by atoms with Gasteiger partial charge in [0, 0.05) is 29.2 Å². The number of anilines is 1. The Balaban J connectivity index is 0.00000208. The number of carbonyl (C=O) groups excluding carboxylic acids is 2. The van der Waals surface area contributed by atoms with Gasteiger partial charge >= 0.3 is 0 Å². The van der Waals surface area contributed by atoms with Gasteiger partial charge in [0.15, 0.2) is 0 Å².